The van der Waals surface area contributed by atoms with Crippen LogP contribution in [0.2, 0.25) is 0 Å². The molecule has 1 heterocycles. The van der Waals surface area contributed by atoms with Crippen LogP contribution in [0.3, 0.4) is 0 Å². The topological polar surface area (TPSA) is 97.6 Å². The largest absolute Gasteiger partial charge is 0.369 e. The number of hydrogen-bond acceptors (Lipinski definition) is 4. The number of nitrogens with two attached hydrogens (primary N) is 1. The van der Waals surface area contributed by atoms with E-state index in [4.69, 9.17) is 5.73 Å². The molecule has 0 aliphatic heterocycles. The summed E-state index contributed by atoms with van der Waals surface area (Å²) in [6.45, 7) is 0. The van der Waals surface area contributed by atoms with Crippen LogP contribution in [-0.2, 0) is 10.2 Å². The molecule has 20 heavy (non-hydrogen) atoms. The highest BCUT2D eigenvalue weighted by atomic mass is 16.1. The molecule has 0 saturated heterocycles. The molecule has 1 amide bonds. The first-order valence-corrected chi connectivity index (χ1v) is 6.87. The van der Waals surface area contributed by atoms with Crippen LogP contribution in [0.25, 0.3) is 11.4 Å². The minimum atomic E-state index is -0.504. The van der Waals surface area contributed by atoms with Gasteiger partial charge >= 0.3 is 0 Å². The molecule has 0 radical (unpaired) electrons. The van der Waals surface area contributed by atoms with Gasteiger partial charge in [-0.15, -0.1) is 5.10 Å². The van der Waals surface area contributed by atoms with Crippen LogP contribution in [0.1, 0.15) is 37.7 Å². The lowest BCUT2D eigenvalue weighted by Gasteiger charge is -2.34. The second kappa shape index (κ2) is 5.03. The monoisotopic (exact) mass is 271 g/mol. The average molecular weight is 271 g/mol. The van der Waals surface area contributed by atoms with Gasteiger partial charge in [-0.25, -0.2) is 5.10 Å². The van der Waals surface area contributed by atoms with E-state index in [-0.39, 0.29) is 5.91 Å². The molecule has 1 aliphatic carbocycles. The molecule has 0 bridgehead atoms. The van der Waals surface area contributed by atoms with E-state index in [2.05, 4.69) is 20.6 Å². The summed E-state index contributed by atoms with van der Waals surface area (Å²) in [5.74, 6) is 0.402. The van der Waals surface area contributed by atoms with E-state index in [1.807, 2.05) is 24.3 Å². The highest BCUT2D eigenvalue weighted by Gasteiger charge is 2.39. The van der Waals surface area contributed by atoms with Crippen molar-refractivity contribution in [3.8, 4) is 11.4 Å². The molecule has 1 aromatic carbocycles. The Morgan fingerprint density at radius 3 is 2.40 bits per heavy atom. The number of aromatic nitrogens is 4. The number of H-pyrrole nitrogens is 1. The van der Waals surface area contributed by atoms with Gasteiger partial charge in [0, 0.05) is 5.56 Å². The summed E-state index contributed by atoms with van der Waals surface area (Å²) in [6.07, 6.45) is 4.96. The Morgan fingerprint density at radius 2 is 1.85 bits per heavy atom. The van der Waals surface area contributed by atoms with Crippen LogP contribution in [-0.4, -0.2) is 26.5 Å². The number of amides is 1. The van der Waals surface area contributed by atoms with Gasteiger partial charge in [0.05, 0.1) is 5.41 Å². The van der Waals surface area contributed by atoms with Crippen molar-refractivity contribution in [2.75, 3.05) is 0 Å². The van der Waals surface area contributed by atoms with Crippen molar-refractivity contribution in [3.63, 3.8) is 0 Å². The third kappa shape index (κ3) is 2.07. The Labute approximate surface area is 116 Å². The summed E-state index contributed by atoms with van der Waals surface area (Å²) in [5, 5.41) is 13.7. The van der Waals surface area contributed by atoms with Gasteiger partial charge in [0.25, 0.3) is 0 Å². The predicted molar refractivity (Wildman–Crippen MR) is 73.6 cm³/mol. The maximum Gasteiger partial charge on any atom is 0.228 e. The molecular weight excluding hydrogens is 254 g/mol. The van der Waals surface area contributed by atoms with Crippen LogP contribution >= 0.6 is 0 Å². The third-order valence-corrected chi connectivity index (χ3v) is 4.24. The van der Waals surface area contributed by atoms with Crippen molar-refractivity contribution in [1.82, 2.24) is 20.6 Å². The van der Waals surface area contributed by atoms with Crippen molar-refractivity contribution >= 4 is 5.91 Å². The Kier molecular flexibility index (Phi) is 3.22. The normalized spacial score (nSPS) is 17.8. The number of nitrogens with zero attached hydrogens (tertiary/aromatic N) is 3. The van der Waals surface area contributed by atoms with Crippen LogP contribution in [0.4, 0.5) is 0 Å². The second-order valence-corrected chi connectivity index (χ2v) is 5.33. The van der Waals surface area contributed by atoms with Gasteiger partial charge in [-0.3, -0.25) is 4.79 Å². The summed E-state index contributed by atoms with van der Waals surface area (Å²) < 4.78 is 0. The molecule has 0 unspecified atom stereocenters. The number of benzene rings is 1. The predicted octanol–water partition coefficient (Wildman–Crippen LogP) is 1.55. The van der Waals surface area contributed by atoms with Crippen molar-refractivity contribution in [2.24, 2.45) is 5.73 Å². The summed E-state index contributed by atoms with van der Waals surface area (Å²) in [6, 6.07) is 7.79. The van der Waals surface area contributed by atoms with E-state index < -0.39 is 5.41 Å². The number of carbonyl (C=O) groups is 1. The smallest absolute Gasteiger partial charge is 0.228 e. The fourth-order valence-electron chi connectivity index (χ4n) is 3.06. The van der Waals surface area contributed by atoms with Crippen LogP contribution < -0.4 is 5.73 Å². The SMILES string of the molecule is NC(=O)C1(c2ccc(-c3nnn[nH]3)cc2)CCCCC1. The van der Waals surface area contributed by atoms with Crippen molar-refractivity contribution in [3.05, 3.63) is 29.8 Å². The van der Waals surface area contributed by atoms with Crippen molar-refractivity contribution < 1.29 is 4.79 Å². The average Bonchev–Trinajstić information content (AvgIpc) is 3.02. The highest BCUT2D eigenvalue weighted by Crippen LogP contribution is 2.39. The molecule has 1 aliphatic rings. The lowest BCUT2D eigenvalue weighted by atomic mass is 9.69. The first kappa shape index (κ1) is 12.8. The van der Waals surface area contributed by atoms with Crippen LogP contribution in [0.5, 0.6) is 0 Å². The molecule has 3 N–H and O–H groups in total. The van der Waals surface area contributed by atoms with Crippen molar-refractivity contribution in [1.29, 1.82) is 0 Å². The van der Waals surface area contributed by atoms with E-state index >= 15 is 0 Å². The van der Waals surface area contributed by atoms with E-state index in [0.29, 0.717) is 5.82 Å². The number of nitrogens with one attached hydrogen (secondary N) is 1. The zero-order valence-electron chi connectivity index (χ0n) is 11.2. The Morgan fingerprint density at radius 1 is 1.15 bits per heavy atom. The van der Waals surface area contributed by atoms with Crippen LogP contribution in [0, 0.1) is 0 Å². The van der Waals surface area contributed by atoms with Gasteiger partial charge in [0.1, 0.15) is 0 Å². The van der Waals surface area contributed by atoms with Gasteiger partial charge < -0.3 is 5.73 Å². The first-order valence-electron chi connectivity index (χ1n) is 6.87. The van der Waals surface area contributed by atoms with Gasteiger partial charge in [0.2, 0.25) is 5.91 Å². The van der Waals surface area contributed by atoms with E-state index in [0.717, 1.165) is 36.8 Å². The Bertz CT molecular complexity index is 585. The van der Waals surface area contributed by atoms with Crippen LogP contribution in [0.15, 0.2) is 24.3 Å². The second-order valence-electron chi connectivity index (χ2n) is 5.33. The fraction of sp³-hybridized carbons (Fsp3) is 0.429. The van der Waals surface area contributed by atoms with E-state index in [1.54, 1.807) is 0 Å². The van der Waals surface area contributed by atoms with Gasteiger partial charge in [-0.1, -0.05) is 43.5 Å². The standard InChI is InChI=1S/C14H17N5O/c15-13(20)14(8-2-1-3-9-14)11-6-4-10(5-7-11)12-16-18-19-17-12/h4-7H,1-3,8-9H2,(H2,15,20)(H,16,17,18,19). The Hall–Kier alpha value is -2.24. The zero-order valence-corrected chi connectivity index (χ0v) is 11.2. The quantitative estimate of drug-likeness (QED) is 0.885. The molecular formula is C14H17N5O. The molecule has 1 saturated carbocycles. The summed E-state index contributed by atoms with van der Waals surface area (Å²) in [7, 11) is 0. The maximum absolute atomic E-state index is 12.0. The molecule has 104 valence electrons. The lowest BCUT2D eigenvalue weighted by molar-refractivity contribution is -0.124. The van der Waals surface area contributed by atoms with E-state index in [1.165, 1.54) is 6.42 Å². The van der Waals surface area contributed by atoms with Gasteiger partial charge in [-0.05, 0) is 28.8 Å². The molecule has 3 rings (SSSR count). The molecule has 0 spiro atoms. The minimum absolute atomic E-state index is 0.216. The first-order chi connectivity index (χ1) is 9.72. The molecule has 1 fully saturated rings. The Balaban J connectivity index is 1.94. The number of tetrazole rings is 1. The molecule has 2 aromatic rings. The molecule has 6 nitrogen and oxygen atoms in total. The third-order valence-electron chi connectivity index (χ3n) is 4.24. The number of primary amides is 1. The molecule has 0 atom stereocenters. The fourth-order valence-corrected chi connectivity index (χ4v) is 3.06. The van der Waals surface area contributed by atoms with E-state index in [9.17, 15) is 4.79 Å². The number of aromatic amines is 1. The summed E-state index contributed by atoms with van der Waals surface area (Å²) in [4.78, 5) is 12.0. The van der Waals surface area contributed by atoms with Gasteiger partial charge in [-0.2, -0.15) is 0 Å². The van der Waals surface area contributed by atoms with Gasteiger partial charge in [0.15, 0.2) is 5.82 Å². The number of hydrogen-bond donors (Lipinski definition) is 2. The summed E-state index contributed by atoms with van der Waals surface area (Å²) >= 11 is 0. The number of carbonyl (C=O) groups excluding carboxylic acids is 1. The minimum Gasteiger partial charge on any atom is -0.369 e. The lowest BCUT2D eigenvalue weighted by Crippen LogP contribution is -2.42. The molecule has 1 aromatic heterocycles. The maximum atomic E-state index is 12.0. The highest BCUT2D eigenvalue weighted by molar-refractivity contribution is 5.87. The summed E-state index contributed by atoms with van der Waals surface area (Å²) in [5.41, 5.74) is 7.08. The zero-order chi connectivity index (χ0) is 14.0. The number of rotatable bonds is 3. The van der Waals surface area contributed by atoms with Crippen molar-refractivity contribution in [2.45, 2.75) is 37.5 Å². The molecule has 6 heteroatoms.